The van der Waals surface area contributed by atoms with Crippen molar-refractivity contribution >= 4 is 23.1 Å². The van der Waals surface area contributed by atoms with Crippen LogP contribution in [0.1, 0.15) is 17.7 Å². The number of halogens is 1. The van der Waals surface area contributed by atoms with Gasteiger partial charge in [-0.15, -0.1) is 0 Å². The predicted molar refractivity (Wildman–Crippen MR) is 107 cm³/mol. The molecule has 1 fully saturated rings. The summed E-state index contributed by atoms with van der Waals surface area (Å²) in [5, 5.41) is 24.7. The quantitative estimate of drug-likeness (QED) is 0.728. The maximum atomic E-state index is 9.81. The first-order chi connectivity index (χ1) is 13.6. The highest BCUT2D eigenvalue weighted by Gasteiger charge is 2.29. The van der Waals surface area contributed by atoms with Gasteiger partial charge in [-0.3, -0.25) is 0 Å². The van der Waals surface area contributed by atoms with Gasteiger partial charge >= 0.3 is 0 Å². The van der Waals surface area contributed by atoms with Gasteiger partial charge in [-0.2, -0.15) is 14.9 Å². The number of ether oxygens (including phenoxy) is 1. The highest BCUT2D eigenvalue weighted by atomic mass is 35.5. The number of nitriles is 1. The zero-order chi connectivity index (χ0) is 19.7. The van der Waals surface area contributed by atoms with Crippen molar-refractivity contribution in [2.45, 2.75) is 19.4 Å². The van der Waals surface area contributed by atoms with Crippen molar-refractivity contribution in [1.82, 2.24) is 14.6 Å². The van der Waals surface area contributed by atoms with Crippen LogP contribution in [0.15, 0.2) is 30.3 Å². The van der Waals surface area contributed by atoms with Gasteiger partial charge in [-0.25, -0.2) is 4.98 Å². The van der Waals surface area contributed by atoms with Crippen molar-refractivity contribution in [2.24, 2.45) is 0 Å². The minimum absolute atomic E-state index is 0.0287. The fraction of sp³-hybridized carbons (Fsp3) is 0.350. The van der Waals surface area contributed by atoms with Gasteiger partial charge in [0.25, 0.3) is 0 Å². The molecule has 1 aliphatic heterocycles. The summed E-state index contributed by atoms with van der Waals surface area (Å²) in [6.45, 7) is 3.56. The van der Waals surface area contributed by atoms with E-state index >= 15 is 0 Å². The lowest BCUT2D eigenvalue weighted by Crippen LogP contribution is -2.47. The Bertz CT molecular complexity index is 1040. The third-order valence-electron chi connectivity index (χ3n) is 4.97. The van der Waals surface area contributed by atoms with Crippen LogP contribution in [0.4, 0.5) is 5.82 Å². The molecule has 8 heteroatoms. The van der Waals surface area contributed by atoms with Crippen molar-refractivity contribution in [1.29, 1.82) is 5.26 Å². The monoisotopic (exact) mass is 397 g/mol. The SMILES string of the molecule is Cc1nc2cc(-c3ccc(Cl)cc3)nn2c(N2CCOCC2CCO)c1C#N. The summed E-state index contributed by atoms with van der Waals surface area (Å²) >= 11 is 6.00. The first-order valence-corrected chi connectivity index (χ1v) is 9.52. The van der Waals surface area contributed by atoms with Crippen LogP contribution in [0.5, 0.6) is 0 Å². The van der Waals surface area contributed by atoms with Gasteiger partial charge in [0, 0.05) is 29.8 Å². The first kappa shape index (κ1) is 18.7. The summed E-state index contributed by atoms with van der Waals surface area (Å²) in [6, 6.07) is 11.6. The lowest BCUT2D eigenvalue weighted by atomic mass is 10.1. The average molecular weight is 398 g/mol. The maximum Gasteiger partial charge on any atom is 0.158 e. The molecule has 1 aromatic carbocycles. The largest absolute Gasteiger partial charge is 0.396 e. The molecule has 3 heterocycles. The normalized spacial score (nSPS) is 17.1. The van der Waals surface area contributed by atoms with E-state index in [9.17, 15) is 10.4 Å². The van der Waals surface area contributed by atoms with Crippen LogP contribution < -0.4 is 4.90 Å². The molecule has 7 nitrogen and oxygen atoms in total. The van der Waals surface area contributed by atoms with Gasteiger partial charge in [-0.05, 0) is 25.5 Å². The van der Waals surface area contributed by atoms with Crippen LogP contribution in [0.2, 0.25) is 5.02 Å². The Morgan fingerprint density at radius 3 is 2.86 bits per heavy atom. The highest BCUT2D eigenvalue weighted by molar-refractivity contribution is 6.30. The van der Waals surface area contributed by atoms with E-state index in [0.717, 1.165) is 11.3 Å². The Balaban J connectivity index is 1.90. The predicted octanol–water partition coefficient (Wildman–Crippen LogP) is 2.82. The van der Waals surface area contributed by atoms with Crippen LogP contribution in [-0.4, -0.2) is 52.1 Å². The molecule has 1 saturated heterocycles. The molecule has 0 amide bonds. The number of morpholine rings is 1. The molecule has 1 N–H and O–H groups in total. The first-order valence-electron chi connectivity index (χ1n) is 9.14. The molecule has 0 saturated carbocycles. The third kappa shape index (κ3) is 3.31. The molecule has 1 unspecified atom stereocenters. The molecule has 0 radical (unpaired) electrons. The van der Waals surface area contributed by atoms with E-state index in [-0.39, 0.29) is 12.6 Å². The number of aliphatic hydroxyl groups is 1. The minimum Gasteiger partial charge on any atom is -0.396 e. The summed E-state index contributed by atoms with van der Waals surface area (Å²) in [7, 11) is 0. The summed E-state index contributed by atoms with van der Waals surface area (Å²) in [4.78, 5) is 6.69. The number of aryl methyl sites for hydroxylation is 1. The zero-order valence-corrected chi connectivity index (χ0v) is 16.2. The Labute approximate surface area is 167 Å². The maximum absolute atomic E-state index is 9.81. The number of nitrogens with zero attached hydrogens (tertiary/aromatic N) is 5. The van der Waals surface area contributed by atoms with Gasteiger partial charge in [-0.1, -0.05) is 23.7 Å². The standard InChI is InChI=1S/C20H20ClN5O2/c1-13-17(11-22)20(25-7-9-28-12-16(25)6-8-27)26-19(23-13)10-18(24-26)14-2-4-15(21)5-3-14/h2-5,10,16,27H,6-9,12H2,1H3. The Hall–Kier alpha value is -2.66. The van der Waals surface area contributed by atoms with Gasteiger partial charge in [0.15, 0.2) is 11.5 Å². The van der Waals surface area contributed by atoms with E-state index in [1.54, 1.807) is 4.52 Å². The van der Waals surface area contributed by atoms with E-state index in [0.29, 0.717) is 53.9 Å². The zero-order valence-electron chi connectivity index (χ0n) is 15.5. The topological polar surface area (TPSA) is 86.7 Å². The van der Waals surface area contributed by atoms with E-state index in [2.05, 4.69) is 16.0 Å². The van der Waals surface area contributed by atoms with Crippen LogP contribution in [0.25, 0.3) is 16.9 Å². The van der Waals surface area contributed by atoms with Crippen molar-refractivity contribution in [3.63, 3.8) is 0 Å². The number of hydrogen-bond acceptors (Lipinski definition) is 6. The molecule has 144 valence electrons. The van der Waals surface area contributed by atoms with Crippen molar-refractivity contribution in [3.8, 4) is 17.3 Å². The second-order valence-corrected chi connectivity index (χ2v) is 7.18. The highest BCUT2D eigenvalue weighted by Crippen LogP contribution is 2.30. The number of fused-ring (bicyclic) bond motifs is 1. The number of aliphatic hydroxyl groups excluding tert-OH is 1. The third-order valence-corrected chi connectivity index (χ3v) is 5.22. The number of anilines is 1. The lowest BCUT2D eigenvalue weighted by Gasteiger charge is -2.37. The molecule has 4 rings (SSSR count). The molecule has 1 aliphatic rings. The van der Waals surface area contributed by atoms with Gasteiger partial charge in [0.05, 0.1) is 30.6 Å². The average Bonchev–Trinajstić information content (AvgIpc) is 3.11. The van der Waals surface area contributed by atoms with Gasteiger partial charge in [0.2, 0.25) is 0 Å². The smallest absolute Gasteiger partial charge is 0.158 e. The fourth-order valence-corrected chi connectivity index (χ4v) is 3.71. The summed E-state index contributed by atoms with van der Waals surface area (Å²) in [5.74, 6) is 0.701. The molecular formula is C20H20ClN5O2. The van der Waals surface area contributed by atoms with Gasteiger partial charge < -0.3 is 14.7 Å². The van der Waals surface area contributed by atoms with Gasteiger partial charge in [0.1, 0.15) is 11.6 Å². The Morgan fingerprint density at radius 1 is 1.36 bits per heavy atom. The number of aromatic nitrogens is 3. The molecular weight excluding hydrogens is 378 g/mol. The van der Waals surface area contributed by atoms with E-state index in [4.69, 9.17) is 21.4 Å². The van der Waals surface area contributed by atoms with Crippen LogP contribution >= 0.6 is 11.6 Å². The number of hydrogen-bond donors (Lipinski definition) is 1. The van der Waals surface area contributed by atoms with Crippen molar-refractivity contribution in [2.75, 3.05) is 31.3 Å². The fourth-order valence-electron chi connectivity index (χ4n) is 3.58. The Kier molecular flexibility index (Phi) is 5.18. The molecule has 2 aromatic heterocycles. The molecule has 0 aliphatic carbocycles. The molecule has 3 aromatic rings. The molecule has 0 bridgehead atoms. The van der Waals surface area contributed by atoms with Crippen molar-refractivity contribution in [3.05, 3.63) is 46.6 Å². The molecule has 0 spiro atoms. The summed E-state index contributed by atoms with van der Waals surface area (Å²) < 4.78 is 7.32. The van der Waals surface area contributed by atoms with E-state index < -0.39 is 0 Å². The molecule has 1 atom stereocenters. The number of benzene rings is 1. The molecule has 28 heavy (non-hydrogen) atoms. The minimum atomic E-state index is -0.0287. The summed E-state index contributed by atoms with van der Waals surface area (Å²) in [6.07, 6.45) is 0.555. The summed E-state index contributed by atoms with van der Waals surface area (Å²) in [5.41, 5.74) is 3.49. The van der Waals surface area contributed by atoms with Crippen LogP contribution in [0, 0.1) is 18.3 Å². The van der Waals surface area contributed by atoms with Crippen molar-refractivity contribution < 1.29 is 9.84 Å². The second kappa shape index (κ2) is 7.76. The van der Waals surface area contributed by atoms with E-state index in [1.165, 1.54) is 0 Å². The van der Waals surface area contributed by atoms with Crippen LogP contribution in [-0.2, 0) is 4.74 Å². The number of rotatable bonds is 4. The lowest BCUT2D eigenvalue weighted by molar-refractivity contribution is 0.0843. The van der Waals surface area contributed by atoms with Crippen LogP contribution in [0.3, 0.4) is 0 Å². The second-order valence-electron chi connectivity index (χ2n) is 6.75. The van der Waals surface area contributed by atoms with E-state index in [1.807, 2.05) is 37.3 Å². The Morgan fingerprint density at radius 2 is 2.14 bits per heavy atom.